The topological polar surface area (TPSA) is 63.7 Å². The van der Waals surface area contributed by atoms with Crippen LogP contribution in [0.1, 0.15) is 12.1 Å². The molecule has 31 heavy (non-hydrogen) atoms. The van der Waals surface area contributed by atoms with Crippen molar-refractivity contribution in [3.8, 4) is 11.5 Å². The molecule has 2 aromatic rings. The average molecular weight is 449 g/mol. The molecule has 0 radical (unpaired) electrons. The van der Waals surface area contributed by atoms with E-state index in [0.29, 0.717) is 25.3 Å². The van der Waals surface area contributed by atoms with E-state index in [1.807, 2.05) is 4.90 Å². The van der Waals surface area contributed by atoms with Gasteiger partial charge in [-0.1, -0.05) is 6.07 Å². The Labute approximate surface area is 172 Å². The number of benzene rings is 1. The molecule has 1 N–H and O–H groups in total. The van der Waals surface area contributed by atoms with Crippen LogP contribution in [0.2, 0.25) is 0 Å². The molecule has 6 nitrogen and oxygen atoms in total. The minimum Gasteiger partial charge on any atom is -0.456 e. The van der Waals surface area contributed by atoms with E-state index in [1.54, 1.807) is 24.3 Å². The number of hydrogen-bond acceptors (Lipinski definition) is 5. The van der Waals surface area contributed by atoms with Crippen LogP contribution in [0.15, 0.2) is 42.6 Å². The predicted octanol–water partition coefficient (Wildman–Crippen LogP) is 4.12. The van der Waals surface area contributed by atoms with Gasteiger partial charge >= 0.3 is 12.5 Å². The van der Waals surface area contributed by atoms with Gasteiger partial charge in [0.15, 0.2) is 0 Å². The van der Waals surface area contributed by atoms with Gasteiger partial charge in [-0.15, -0.1) is 13.2 Å². The molecule has 168 valence electrons. The van der Waals surface area contributed by atoms with Crippen LogP contribution in [-0.4, -0.2) is 43.0 Å². The van der Waals surface area contributed by atoms with Crippen molar-refractivity contribution in [3.05, 3.63) is 48.3 Å². The number of ether oxygens (including phenoxy) is 2. The van der Waals surface area contributed by atoms with Gasteiger partial charge in [0.05, 0.1) is 6.20 Å². The van der Waals surface area contributed by atoms with E-state index in [9.17, 15) is 31.1 Å². The second-order valence-electron chi connectivity index (χ2n) is 6.71. The summed E-state index contributed by atoms with van der Waals surface area (Å²) in [5.41, 5.74) is -0.306. The molecule has 1 fully saturated rings. The number of pyridine rings is 1. The number of nitrogens with zero attached hydrogens (tertiary/aromatic N) is 2. The molecule has 1 aromatic carbocycles. The second-order valence-corrected chi connectivity index (χ2v) is 6.71. The van der Waals surface area contributed by atoms with Crippen LogP contribution in [0, 0.1) is 0 Å². The molecule has 0 saturated carbocycles. The smallest absolute Gasteiger partial charge is 0.456 e. The normalized spacial score (nSPS) is 17.0. The zero-order chi connectivity index (χ0) is 22.6. The van der Waals surface area contributed by atoms with Crippen molar-refractivity contribution in [2.45, 2.75) is 25.0 Å². The van der Waals surface area contributed by atoms with E-state index in [4.69, 9.17) is 4.74 Å². The minimum atomic E-state index is -4.87. The van der Waals surface area contributed by atoms with Gasteiger partial charge in [0, 0.05) is 30.9 Å². The van der Waals surface area contributed by atoms with E-state index in [-0.39, 0.29) is 11.8 Å². The molecule has 0 unspecified atom stereocenters. The van der Waals surface area contributed by atoms with Gasteiger partial charge < -0.3 is 15.0 Å². The summed E-state index contributed by atoms with van der Waals surface area (Å²) in [5.74, 6) is -0.373. The fourth-order valence-electron chi connectivity index (χ4n) is 3.02. The highest BCUT2D eigenvalue weighted by atomic mass is 19.4. The van der Waals surface area contributed by atoms with E-state index in [0.717, 1.165) is 24.0 Å². The third kappa shape index (κ3) is 6.74. The van der Waals surface area contributed by atoms with Crippen molar-refractivity contribution < 1.29 is 40.6 Å². The maximum absolute atomic E-state index is 12.6. The maximum Gasteiger partial charge on any atom is 0.523 e. The summed E-state index contributed by atoms with van der Waals surface area (Å²) in [7, 11) is 0. The number of halogens is 6. The van der Waals surface area contributed by atoms with Gasteiger partial charge in [-0.2, -0.15) is 13.2 Å². The summed E-state index contributed by atoms with van der Waals surface area (Å²) in [6.45, 7) is -0.204. The zero-order valence-corrected chi connectivity index (χ0v) is 15.8. The molecule has 1 atom stereocenters. The Morgan fingerprint density at radius 2 is 1.90 bits per heavy atom. The predicted molar refractivity (Wildman–Crippen MR) is 96.5 cm³/mol. The third-order valence-corrected chi connectivity index (χ3v) is 4.37. The molecule has 1 aliphatic rings. The summed E-state index contributed by atoms with van der Waals surface area (Å²) in [4.78, 5) is 16.8. The Balaban J connectivity index is 1.56. The standard InChI is InChI=1S/C19H17F6N3O3/c20-18(21,22)16-5-4-15(9-26-16)31-14-3-1-2-13(8-14)28-7-6-12(10-28)27-17(29)11-30-19(23,24)25/h1-5,8-9,12H,6-7,10-11H2,(H,27,29)/t12-/m0/s1. The largest absolute Gasteiger partial charge is 0.523 e. The molecule has 1 saturated heterocycles. The van der Waals surface area contributed by atoms with Gasteiger partial charge in [-0.3, -0.25) is 9.53 Å². The lowest BCUT2D eigenvalue weighted by Crippen LogP contribution is -2.40. The number of carbonyl (C=O) groups is 1. The van der Waals surface area contributed by atoms with Crippen LogP contribution < -0.4 is 15.0 Å². The van der Waals surface area contributed by atoms with Crippen LogP contribution in [0.25, 0.3) is 0 Å². The summed E-state index contributed by atoms with van der Waals surface area (Å²) >= 11 is 0. The van der Waals surface area contributed by atoms with Gasteiger partial charge in [0.2, 0.25) is 5.91 Å². The van der Waals surface area contributed by atoms with E-state index in [2.05, 4.69) is 15.0 Å². The fraction of sp³-hybridized carbons (Fsp3) is 0.368. The molecule has 12 heteroatoms. The van der Waals surface area contributed by atoms with Crippen molar-refractivity contribution in [3.63, 3.8) is 0 Å². The SMILES string of the molecule is O=C(COC(F)(F)F)N[C@H]1CCN(c2cccc(Oc3ccc(C(F)(F)F)nc3)c2)C1. The number of aromatic nitrogens is 1. The summed E-state index contributed by atoms with van der Waals surface area (Å²) in [6, 6.07) is 8.36. The Kier molecular flexibility index (Phi) is 6.58. The molecule has 2 heterocycles. The van der Waals surface area contributed by atoms with Crippen molar-refractivity contribution in [2.75, 3.05) is 24.6 Å². The van der Waals surface area contributed by atoms with E-state index in [1.165, 1.54) is 0 Å². The van der Waals surface area contributed by atoms with Crippen molar-refractivity contribution in [2.24, 2.45) is 0 Å². The first-order chi connectivity index (χ1) is 14.5. The lowest BCUT2D eigenvalue weighted by Gasteiger charge is -2.20. The Hall–Kier alpha value is -3.02. The number of anilines is 1. The Morgan fingerprint density at radius 3 is 2.55 bits per heavy atom. The van der Waals surface area contributed by atoms with E-state index >= 15 is 0 Å². The first-order valence-corrected chi connectivity index (χ1v) is 9.06. The van der Waals surface area contributed by atoms with Gasteiger partial charge in [-0.05, 0) is 30.7 Å². The summed E-state index contributed by atoms with van der Waals surface area (Å²) < 4.78 is 82.8. The first kappa shape index (κ1) is 22.7. The van der Waals surface area contributed by atoms with Crippen molar-refractivity contribution in [1.29, 1.82) is 0 Å². The summed E-state index contributed by atoms with van der Waals surface area (Å²) in [5, 5.41) is 2.49. The van der Waals surface area contributed by atoms with Crippen LogP contribution in [0.3, 0.4) is 0 Å². The molecule has 1 amide bonds. The number of alkyl halides is 6. The fourth-order valence-corrected chi connectivity index (χ4v) is 3.02. The van der Waals surface area contributed by atoms with Crippen molar-refractivity contribution >= 4 is 11.6 Å². The van der Waals surface area contributed by atoms with Crippen LogP contribution >= 0.6 is 0 Å². The molecule has 0 bridgehead atoms. The highest BCUT2D eigenvalue weighted by molar-refractivity contribution is 5.77. The minimum absolute atomic E-state index is 0.126. The Morgan fingerprint density at radius 1 is 1.13 bits per heavy atom. The highest BCUT2D eigenvalue weighted by Gasteiger charge is 2.32. The second kappa shape index (κ2) is 9.00. The van der Waals surface area contributed by atoms with Crippen LogP contribution in [0.5, 0.6) is 11.5 Å². The van der Waals surface area contributed by atoms with E-state index < -0.39 is 30.7 Å². The third-order valence-electron chi connectivity index (χ3n) is 4.37. The molecular weight excluding hydrogens is 432 g/mol. The number of amides is 1. The molecule has 0 spiro atoms. The number of hydrogen-bond donors (Lipinski definition) is 1. The highest BCUT2D eigenvalue weighted by Crippen LogP contribution is 2.31. The number of rotatable bonds is 6. The van der Waals surface area contributed by atoms with Crippen molar-refractivity contribution in [1.82, 2.24) is 10.3 Å². The number of nitrogens with one attached hydrogen (secondary N) is 1. The molecule has 1 aromatic heterocycles. The summed E-state index contributed by atoms with van der Waals surface area (Å²) in [6.07, 6.45) is -7.92. The number of carbonyl (C=O) groups excluding carboxylic acids is 1. The van der Waals surface area contributed by atoms with Gasteiger partial charge in [0.1, 0.15) is 23.8 Å². The lowest BCUT2D eigenvalue weighted by atomic mass is 10.2. The molecule has 3 rings (SSSR count). The van der Waals surface area contributed by atoms with Crippen LogP contribution in [0.4, 0.5) is 32.0 Å². The zero-order valence-electron chi connectivity index (χ0n) is 15.8. The van der Waals surface area contributed by atoms with Gasteiger partial charge in [0.25, 0.3) is 0 Å². The molecule has 1 aliphatic heterocycles. The monoisotopic (exact) mass is 449 g/mol. The quantitative estimate of drug-likeness (QED) is 0.673. The Bertz CT molecular complexity index is 902. The average Bonchev–Trinajstić information content (AvgIpc) is 3.14. The molecule has 0 aliphatic carbocycles. The lowest BCUT2D eigenvalue weighted by molar-refractivity contribution is -0.321. The first-order valence-electron chi connectivity index (χ1n) is 9.06. The maximum atomic E-state index is 12.6. The molecular formula is C19H17F6N3O3. The van der Waals surface area contributed by atoms with Crippen LogP contribution in [-0.2, 0) is 15.7 Å². The van der Waals surface area contributed by atoms with Gasteiger partial charge in [-0.25, -0.2) is 4.98 Å².